The molecule has 0 radical (unpaired) electrons. The second-order valence-electron chi connectivity index (χ2n) is 4.14. The summed E-state index contributed by atoms with van der Waals surface area (Å²) in [5.74, 6) is -0.976. The fourth-order valence-corrected chi connectivity index (χ4v) is 1.63. The maximum absolute atomic E-state index is 13.3. The first-order valence-electron chi connectivity index (χ1n) is 6.33. The number of amides is 2. The summed E-state index contributed by atoms with van der Waals surface area (Å²) in [5, 5.41) is 4.57. The number of hydrogen-bond acceptors (Lipinski definition) is 2. The van der Waals surface area contributed by atoms with E-state index in [1.807, 2.05) is 18.2 Å². The van der Waals surface area contributed by atoms with E-state index in [0.29, 0.717) is 5.75 Å². The summed E-state index contributed by atoms with van der Waals surface area (Å²) in [6.45, 7) is 0.452. The molecule has 0 heterocycles. The van der Waals surface area contributed by atoms with Gasteiger partial charge in [-0.05, 0) is 24.3 Å². The van der Waals surface area contributed by atoms with Crippen LogP contribution < -0.4 is 15.4 Å². The van der Waals surface area contributed by atoms with Gasteiger partial charge in [-0.2, -0.15) is 0 Å². The van der Waals surface area contributed by atoms with Gasteiger partial charge in [0.25, 0.3) is 0 Å². The van der Waals surface area contributed by atoms with Crippen LogP contribution >= 0.6 is 0 Å². The Kier molecular flexibility index (Phi) is 5.09. The molecular weight excluding hydrogens is 278 g/mol. The van der Waals surface area contributed by atoms with Gasteiger partial charge < -0.3 is 15.4 Å². The lowest BCUT2D eigenvalue weighted by atomic mass is 10.3. The number of halogens is 2. The molecule has 6 heteroatoms. The third kappa shape index (κ3) is 4.45. The highest BCUT2D eigenvalue weighted by molar-refractivity contribution is 5.89. The highest BCUT2D eigenvalue weighted by Crippen LogP contribution is 2.17. The molecule has 0 aromatic heterocycles. The second kappa shape index (κ2) is 7.23. The van der Waals surface area contributed by atoms with Crippen LogP contribution in [0.2, 0.25) is 0 Å². The molecule has 0 unspecified atom stereocenters. The number of para-hydroxylation sites is 2. The Morgan fingerprint density at radius 3 is 2.33 bits per heavy atom. The summed E-state index contributed by atoms with van der Waals surface area (Å²) in [7, 11) is 0. The van der Waals surface area contributed by atoms with E-state index in [0.717, 1.165) is 12.1 Å². The summed E-state index contributed by atoms with van der Waals surface area (Å²) in [6.07, 6.45) is 0. The summed E-state index contributed by atoms with van der Waals surface area (Å²) >= 11 is 0. The van der Waals surface area contributed by atoms with Crippen LogP contribution in [0.4, 0.5) is 19.3 Å². The van der Waals surface area contributed by atoms with Gasteiger partial charge in [0.15, 0.2) is 0 Å². The van der Waals surface area contributed by atoms with Crippen molar-refractivity contribution < 1.29 is 18.3 Å². The van der Waals surface area contributed by atoms with Crippen molar-refractivity contribution in [3.05, 3.63) is 60.2 Å². The highest BCUT2D eigenvalue weighted by Gasteiger charge is 2.11. The molecule has 2 amide bonds. The van der Waals surface area contributed by atoms with Gasteiger partial charge in [0.1, 0.15) is 29.7 Å². The van der Waals surface area contributed by atoms with Crippen molar-refractivity contribution in [1.29, 1.82) is 0 Å². The molecule has 4 nitrogen and oxygen atoms in total. The number of benzene rings is 2. The molecule has 0 atom stereocenters. The van der Waals surface area contributed by atoms with E-state index in [1.54, 1.807) is 12.1 Å². The number of carbonyl (C=O) groups is 1. The van der Waals surface area contributed by atoms with Crippen LogP contribution in [0.15, 0.2) is 48.5 Å². The molecule has 0 aliphatic heterocycles. The normalized spacial score (nSPS) is 10.0. The van der Waals surface area contributed by atoms with Gasteiger partial charge in [0, 0.05) is 0 Å². The Bertz CT molecular complexity index is 586. The van der Waals surface area contributed by atoms with Gasteiger partial charge in [0.2, 0.25) is 0 Å². The average molecular weight is 292 g/mol. The Morgan fingerprint density at radius 2 is 1.67 bits per heavy atom. The molecule has 0 aliphatic carbocycles. The Morgan fingerprint density at radius 1 is 1.00 bits per heavy atom. The standard InChI is InChI=1S/C15H14F2N2O2/c16-12-7-4-8-13(17)14(12)19-15(20)18-9-10-21-11-5-2-1-3-6-11/h1-8H,9-10H2,(H2,18,19,20). The molecule has 21 heavy (non-hydrogen) atoms. The first-order valence-corrected chi connectivity index (χ1v) is 6.33. The minimum Gasteiger partial charge on any atom is -0.492 e. The van der Waals surface area contributed by atoms with Crippen LogP contribution in [0.5, 0.6) is 5.75 Å². The monoisotopic (exact) mass is 292 g/mol. The molecule has 0 saturated carbocycles. The van der Waals surface area contributed by atoms with E-state index in [1.165, 1.54) is 6.07 Å². The van der Waals surface area contributed by atoms with Gasteiger partial charge in [-0.15, -0.1) is 0 Å². The van der Waals surface area contributed by atoms with Gasteiger partial charge in [-0.3, -0.25) is 0 Å². The molecule has 0 fully saturated rings. The predicted molar refractivity (Wildman–Crippen MR) is 75.3 cm³/mol. The van der Waals surface area contributed by atoms with Gasteiger partial charge in [-0.1, -0.05) is 24.3 Å². The zero-order valence-electron chi connectivity index (χ0n) is 11.1. The van der Waals surface area contributed by atoms with Crippen LogP contribution in [0.25, 0.3) is 0 Å². The first-order chi connectivity index (χ1) is 10.2. The molecule has 2 aromatic carbocycles. The number of urea groups is 1. The molecule has 2 N–H and O–H groups in total. The molecule has 2 aromatic rings. The van der Waals surface area contributed by atoms with Crippen LogP contribution in [-0.2, 0) is 0 Å². The number of rotatable bonds is 5. The van der Waals surface area contributed by atoms with Crippen molar-refractivity contribution in [2.75, 3.05) is 18.5 Å². The Balaban J connectivity index is 1.75. The first kappa shape index (κ1) is 14.8. The van der Waals surface area contributed by atoms with E-state index < -0.39 is 23.4 Å². The maximum atomic E-state index is 13.3. The van der Waals surface area contributed by atoms with Crippen molar-refractivity contribution in [3.63, 3.8) is 0 Å². The predicted octanol–water partition coefficient (Wildman–Crippen LogP) is 3.17. The second-order valence-corrected chi connectivity index (χ2v) is 4.14. The van der Waals surface area contributed by atoms with E-state index in [9.17, 15) is 13.6 Å². The van der Waals surface area contributed by atoms with Crippen molar-refractivity contribution in [2.24, 2.45) is 0 Å². The largest absolute Gasteiger partial charge is 0.492 e. The molecule has 0 spiro atoms. The summed E-state index contributed by atoms with van der Waals surface area (Å²) < 4.78 is 32.0. The number of carbonyl (C=O) groups excluding carboxylic acids is 1. The van der Waals surface area contributed by atoms with Gasteiger partial charge in [0.05, 0.1) is 6.54 Å². The fourth-order valence-electron chi connectivity index (χ4n) is 1.63. The number of ether oxygens (including phenoxy) is 1. The van der Waals surface area contributed by atoms with E-state index in [2.05, 4.69) is 10.6 Å². The molecule has 0 aliphatic rings. The van der Waals surface area contributed by atoms with Crippen molar-refractivity contribution >= 4 is 11.7 Å². The van der Waals surface area contributed by atoms with Gasteiger partial charge >= 0.3 is 6.03 Å². The van der Waals surface area contributed by atoms with Crippen molar-refractivity contribution in [2.45, 2.75) is 0 Å². The topological polar surface area (TPSA) is 50.4 Å². The van der Waals surface area contributed by atoms with E-state index >= 15 is 0 Å². The highest BCUT2D eigenvalue weighted by atomic mass is 19.1. The molecular formula is C15H14F2N2O2. The van der Waals surface area contributed by atoms with E-state index in [4.69, 9.17) is 4.74 Å². The number of anilines is 1. The zero-order chi connectivity index (χ0) is 15.1. The summed E-state index contributed by atoms with van der Waals surface area (Å²) in [4.78, 5) is 11.5. The maximum Gasteiger partial charge on any atom is 0.319 e. The lowest BCUT2D eigenvalue weighted by Crippen LogP contribution is -2.32. The van der Waals surface area contributed by atoms with Crippen LogP contribution in [0.1, 0.15) is 0 Å². The van der Waals surface area contributed by atoms with Crippen LogP contribution in [0.3, 0.4) is 0 Å². The fraction of sp³-hybridized carbons (Fsp3) is 0.133. The third-order valence-corrected chi connectivity index (χ3v) is 2.60. The van der Waals surface area contributed by atoms with E-state index in [-0.39, 0.29) is 13.2 Å². The summed E-state index contributed by atoms with van der Waals surface area (Å²) in [6, 6.07) is 11.8. The number of hydrogen-bond donors (Lipinski definition) is 2. The summed E-state index contributed by atoms with van der Waals surface area (Å²) in [5.41, 5.74) is -0.473. The minimum atomic E-state index is -0.828. The molecule has 0 saturated heterocycles. The molecule has 0 bridgehead atoms. The molecule has 110 valence electrons. The Hall–Kier alpha value is -2.63. The molecule has 2 rings (SSSR count). The lowest BCUT2D eigenvalue weighted by Gasteiger charge is -2.10. The number of nitrogens with one attached hydrogen (secondary N) is 2. The SMILES string of the molecule is O=C(NCCOc1ccccc1)Nc1c(F)cccc1F. The van der Waals surface area contributed by atoms with Crippen molar-refractivity contribution in [3.8, 4) is 5.75 Å². The smallest absolute Gasteiger partial charge is 0.319 e. The van der Waals surface area contributed by atoms with Crippen molar-refractivity contribution in [1.82, 2.24) is 5.32 Å². The average Bonchev–Trinajstić information content (AvgIpc) is 2.49. The van der Waals surface area contributed by atoms with Crippen LogP contribution in [0, 0.1) is 11.6 Å². The lowest BCUT2D eigenvalue weighted by molar-refractivity contribution is 0.247. The van der Waals surface area contributed by atoms with Gasteiger partial charge in [-0.25, -0.2) is 13.6 Å². The zero-order valence-corrected chi connectivity index (χ0v) is 11.1. The minimum absolute atomic E-state index is 0.205. The quantitative estimate of drug-likeness (QED) is 0.832. The third-order valence-electron chi connectivity index (χ3n) is 2.60. The van der Waals surface area contributed by atoms with Crippen LogP contribution in [-0.4, -0.2) is 19.2 Å². The Labute approximate surface area is 120 Å².